The first-order valence-corrected chi connectivity index (χ1v) is 9.05. The number of thioether (sulfide) groups is 1. The van der Waals surface area contributed by atoms with Gasteiger partial charge in [-0.05, 0) is 34.7 Å². The third-order valence-electron chi connectivity index (χ3n) is 2.95. The summed E-state index contributed by atoms with van der Waals surface area (Å²) in [6, 6.07) is 19.2. The minimum Gasteiger partial charge on any atom is -0.254 e. The van der Waals surface area contributed by atoms with Crippen molar-refractivity contribution in [2.75, 3.05) is 11.5 Å². The first-order valence-electron chi connectivity index (χ1n) is 6.74. The molecule has 0 unspecified atom stereocenters. The third-order valence-corrected chi connectivity index (χ3v) is 5.50. The van der Waals surface area contributed by atoms with Gasteiger partial charge in [0, 0.05) is 16.4 Å². The molecule has 3 aromatic rings. The number of para-hydroxylation sites is 1. The molecule has 112 valence electrons. The molecule has 0 N–H and O–H groups in total. The zero-order valence-corrected chi connectivity index (χ0v) is 13.3. The highest BCUT2D eigenvalue weighted by molar-refractivity contribution is 8.00. The van der Waals surface area contributed by atoms with Gasteiger partial charge >= 0.3 is 0 Å². The molecule has 0 amide bonds. The molecule has 1 atom stereocenters. The van der Waals surface area contributed by atoms with Crippen LogP contribution in [0.15, 0.2) is 70.7 Å². The molecular weight excluding hydrogens is 316 g/mol. The fraction of sp³-hybridized carbons (Fsp3) is 0.133. The van der Waals surface area contributed by atoms with Crippen LogP contribution in [0.3, 0.4) is 0 Å². The Morgan fingerprint density at radius 3 is 2.41 bits per heavy atom. The second-order valence-corrected chi connectivity index (χ2v) is 7.05. The summed E-state index contributed by atoms with van der Waals surface area (Å²) in [5.74, 6) is 1.26. The predicted molar refractivity (Wildman–Crippen MR) is 87.6 cm³/mol. The molecule has 22 heavy (non-hydrogen) atoms. The fourth-order valence-corrected chi connectivity index (χ4v) is 4.08. The number of hydrogen-bond donors (Lipinski definition) is 0. The van der Waals surface area contributed by atoms with E-state index in [1.807, 2.05) is 60.7 Å². The second kappa shape index (κ2) is 7.33. The van der Waals surface area contributed by atoms with Gasteiger partial charge in [0.2, 0.25) is 5.16 Å². The van der Waals surface area contributed by atoms with E-state index < -0.39 is 10.8 Å². The molecule has 0 saturated heterocycles. The molecule has 0 saturated carbocycles. The number of rotatable bonds is 6. The van der Waals surface area contributed by atoms with E-state index in [0.717, 1.165) is 10.6 Å². The maximum absolute atomic E-state index is 12.2. The van der Waals surface area contributed by atoms with Crippen LogP contribution in [-0.4, -0.2) is 35.9 Å². The Balaban J connectivity index is 1.61. The van der Waals surface area contributed by atoms with Crippen LogP contribution in [0.25, 0.3) is 5.69 Å². The Bertz CT molecular complexity index is 747. The van der Waals surface area contributed by atoms with Gasteiger partial charge < -0.3 is 0 Å². The Morgan fingerprint density at radius 2 is 1.68 bits per heavy atom. The molecule has 0 aliphatic heterocycles. The quantitative estimate of drug-likeness (QED) is 0.650. The van der Waals surface area contributed by atoms with E-state index in [9.17, 15) is 4.21 Å². The summed E-state index contributed by atoms with van der Waals surface area (Å²) in [5.41, 5.74) is 0.916. The van der Waals surface area contributed by atoms with Crippen LogP contribution in [0.4, 0.5) is 0 Å². The van der Waals surface area contributed by atoms with Gasteiger partial charge in [-0.1, -0.05) is 48.2 Å². The summed E-state index contributed by atoms with van der Waals surface area (Å²) in [4.78, 5) is 0.853. The lowest BCUT2D eigenvalue weighted by atomic mass is 10.3. The smallest absolute Gasteiger partial charge is 0.214 e. The Kier molecular flexibility index (Phi) is 4.97. The van der Waals surface area contributed by atoms with Gasteiger partial charge in [-0.3, -0.25) is 4.21 Å². The summed E-state index contributed by atoms with van der Waals surface area (Å²) in [6.45, 7) is 0. The Hall–Kier alpha value is -1.99. The molecule has 0 aliphatic rings. The van der Waals surface area contributed by atoms with Crippen molar-refractivity contribution in [3.05, 3.63) is 60.7 Å². The van der Waals surface area contributed by atoms with E-state index in [1.54, 1.807) is 4.68 Å². The van der Waals surface area contributed by atoms with Crippen LogP contribution in [0, 0.1) is 0 Å². The van der Waals surface area contributed by atoms with E-state index in [1.165, 1.54) is 11.8 Å². The second-order valence-electron chi connectivity index (χ2n) is 4.42. The summed E-state index contributed by atoms with van der Waals surface area (Å²) in [6.07, 6.45) is 0. The SMILES string of the molecule is O=[S@@](CCSc1nnnn1-c1ccccc1)c1ccccc1. The first-order chi connectivity index (χ1) is 10.8. The van der Waals surface area contributed by atoms with Crippen molar-refractivity contribution in [1.82, 2.24) is 20.2 Å². The Morgan fingerprint density at radius 1 is 1.00 bits per heavy atom. The number of benzene rings is 2. The van der Waals surface area contributed by atoms with Crippen molar-refractivity contribution in [1.29, 1.82) is 0 Å². The van der Waals surface area contributed by atoms with Crippen LogP contribution in [0.1, 0.15) is 0 Å². The van der Waals surface area contributed by atoms with Gasteiger partial charge in [0.15, 0.2) is 0 Å². The van der Waals surface area contributed by atoms with Crippen molar-refractivity contribution < 1.29 is 4.21 Å². The molecule has 1 aromatic heterocycles. The van der Waals surface area contributed by atoms with Gasteiger partial charge in [0.1, 0.15) is 0 Å². The van der Waals surface area contributed by atoms with Crippen LogP contribution < -0.4 is 0 Å². The lowest BCUT2D eigenvalue weighted by Crippen LogP contribution is -2.03. The van der Waals surface area contributed by atoms with Gasteiger partial charge in [-0.15, -0.1) is 5.10 Å². The number of aromatic nitrogens is 4. The third kappa shape index (κ3) is 3.61. The molecule has 0 fully saturated rings. The molecule has 0 bridgehead atoms. The summed E-state index contributed by atoms with van der Waals surface area (Å²) >= 11 is 1.51. The zero-order chi connectivity index (χ0) is 15.2. The van der Waals surface area contributed by atoms with E-state index in [-0.39, 0.29) is 0 Å². The van der Waals surface area contributed by atoms with Crippen molar-refractivity contribution in [3.63, 3.8) is 0 Å². The minimum absolute atomic E-state index is 0.566. The zero-order valence-electron chi connectivity index (χ0n) is 11.7. The van der Waals surface area contributed by atoms with Crippen LogP contribution in [-0.2, 0) is 10.8 Å². The van der Waals surface area contributed by atoms with Crippen LogP contribution in [0.5, 0.6) is 0 Å². The topological polar surface area (TPSA) is 60.7 Å². The van der Waals surface area contributed by atoms with E-state index in [4.69, 9.17) is 0 Å². The fourth-order valence-electron chi connectivity index (χ4n) is 1.90. The lowest BCUT2D eigenvalue weighted by Gasteiger charge is -2.04. The molecule has 3 rings (SSSR count). The number of tetrazole rings is 1. The van der Waals surface area contributed by atoms with Crippen molar-refractivity contribution in [2.45, 2.75) is 10.1 Å². The summed E-state index contributed by atoms with van der Waals surface area (Å²) < 4.78 is 13.9. The lowest BCUT2D eigenvalue weighted by molar-refractivity contribution is 0.684. The maximum atomic E-state index is 12.2. The molecule has 5 nitrogen and oxygen atoms in total. The average Bonchev–Trinajstić information content (AvgIpc) is 3.05. The summed E-state index contributed by atoms with van der Waals surface area (Å²) in [5, 5.41) is 12.5. The average molecular weight is 330 g/mol. The van der Waals surface area contributed by atoms with Gasteiger partial charge in [0.05, 0.1) is 16.5 Å². The van der Waals surface area contributed by atoms with E-state index >= 15 is 0 Å². The summed E-state index contributed by atoms with van der Waals surface area (Å²) in [7, 11) is -0.995. The van der Waals surface area contributed by atoms with Crippen molar-refractivity contribution >= 4 is 22.6 Å². The van der Waals surface area contributed by atoms with Crippen LogP contribution >= 0.6 is 11.8 Å². The first kappa shape index (κ1) is 14.9. The van der Waals surface area contributed by atoms with Gasteiger partial charge in [-0.25, -0.2) is 0 Å². The van der Waals surface area contributed by atoms with Crippen LogP contribution in [0.2, 0.25) is 0 Å². The number of nitrogens with zero attached hydrogens (tertiary/aromatic N) is 4. The molecule has 0 radical (unpaired) electrons. The van der Waals surface area contributed by atoms with Gasteiger partial charge in [-0.2, -0.15) is 4.68 Å². The molecule has 0 spiro atoms. The van der Waals surface area contributed by atoms with Crippen molar-refractivity contribution in [2.24, 2.45) is 0 Å². The molecular formula is C15H14N4OS2. The molecule has 1 heterocycles. The highest BCUT2D eigenvalue weighted by Gasteiger charge is 2.10. The highest BCUT2D eigenvalue weighted by Crippen LogP contribution is 2.18. The van der Waals surface area contributed by atoms with E-state index in [0.29, 0.717) is 16.7 Å². The maximum Gasteiger partial charge on any atom is 0.214 e. The van der Waals surface area contributed by atoms with Gasteiger partial charge in [0.25, 0.3) is 0 Å². The highest BCUT2D eigenvalue weighted by atomic mass is 32.2. The van der Waals surface area contributed by atoms with E-state index in [2.05, 4.69) is 15.5 Å². The predicted octanol–water partition coefficient (Wildman–Crippen LogP) is 2.56. The minimum atomic E-state index is -0.995. The molecule has 2 aromatic carbocycles. The molecule has 0 aliphatic carbocycles. The monoisotopic (exact) mass is 330 g/mol. The normalized spacial score (nSPS) is 12.2. The Labute approximate surface area is 135 Å². The molecule has 7 heteroatoms. The number of hydrogen-bond acceptors (Lipinski definition) is 5. The standard InChI is InChI=1S/C15H14N4OS2/c20-22(14-9-5-2-6-10-14)12-11-21-15-16-17-18-19(15)13-7-3-1-4-8-13/h1-10H,11-12H2/t22-/m0/s1. The largest absolute Gasteiger partial charge is 0.254 e. The van der Waals surface area contributed by atoms with Crippen molar-refractivity contribution in [3.8, 4) is 5.69 Å².